The van der Waals surface area contributed by atoms with E-state index in [4.69, 9.17) is 4.52 Å². The van der Waals surface area contributed by atoms with Crippen LogP contribution in [0.1, 0.15) is 34.4 Å². The van der Waals surface area contributed by atoms with Crippen LogP contribution in [0.4, 0.5) is 0 Å². The number of carbonyl (C=O) groups is 1. The van der Waals surface area contributed by atoms with Crippen LogP contribution in [0.2, 0.25) is 0 Å². The van der Waals surface area contributed by atoms with Gasteiger partial charge in [-0.25, -0.2) is 9.67 Å². The standard InChI is InChI=1S/C17H19N5O2/c1-4-15-14(10-19-22(15)16-7-5-6-8-18-16)17(23)21(3)11-13-9-12(2)24-20-13/h5-10H,4,11H2,1-3H3. The highest BCUT2D eigenvalue weighted by Gasteiger charge is 2.21. The molecule has 0 bridgehead atoms. The summed E-state index contributed by atoms with van der Waals surface area (Å²) in [6.45, 7) is 4.20. The molecule has 7 nitrogen and oxygen atoms in total. The van der Waals surface area contributed by atoms with Crippen molar-refractivity contribution >= 4 is 5.91 Å². The van der Waals surface area contributed by atoms with E-state index in [1.165, 1.54) is 0 Å². The van der Waals surface area contributed by atoms with E-state index >= 15 is 0 Å². The Hall–Kier alpha value is -2.96. The van der Waals surface area contributed by atoms with Crippen LogP contribution < -0.4 is 0 Å². The summed E-state index contributed by atoms with van der Waals surface area (Å²) < 4.78 is 6.75. The minimum atomic E-state index is -0.102. The van der Waals surface area contributed by atoms with E-state index in [0.717, 1.165) is 17.1 Å². The lowest BCUT2D eigenvalue weighted by Gasteiger charge is -2.15. The van der Waals surface area contributed by atoms with Crippen molar-refractivity contribution in [3.05, 3.63) is 59.4 Å². The summed E-state index contributed by atoms with van der Waals surface area (Å²) in [4.78, 5) is 18.7. The average Bonchev–Trinajstić information content (AvgIpc) is 3.20. The Morgan fingerprint density at radius 3 is 2.83 bits per heavy atom. The monoisotopic (exact) mass is 325 g/mol. The summed E-state index contributed by atoms with van der Waals surface area (Å²) in [5.74, 6) is 1.32. The molecule has 0 fully saturated rings. The molecule has 0 unspecified atom stereocenters. The van der Waals surface area contributed by atoms with Gasteiger partial charge in [0.25, 0.3) is 5.91 Å². The fraction of sp³-hybridized carbons (Fsp3) is 0.294. The van der Waals surface area contributed by atoms with E-state index in [0.29, 0.717) is 24.3 Å². The molecule has 0 saturated heterocycles. The molecule has 0 spiro atoms. The van der Waals surface area contributed by atoms with Gasteiger partial charge in [-0.3, -0.25) is 4.79 Å². The zero-order chi connectivity index (χ0) is 17.1. The van der Waals surface area contributed by atoms with E-state index in [-0.39, 0.29) is 5.91 Å². The number of hydrogen-bond acceptors (Lipinski definition) is 5. The summed E-state index contributed by atoms with van der Waals surface area (Å²) in [6.07, 6.45) is 3.98. The first kappa shape index (κ1) is 15.9. The molecular weight excluding hydrogens is 306 g/mol. The molecule has 1 amide bonds. The Labute approximate surface area is 139 Å². The third-order valence-electron chi connectivity index (χ3n) is 3.72. The van der Waals surface area contributed by atoms with Crippen molar-refractivity contribution < 1.29 is 9.32 Å². The SMILES string of the molecule is CCc1c(C(=O)N(C)Cc2cc(C)on2)cnn1-c1ccccn1. The number of pyridine rings is 1. The largest absolute Gasteiger partial charge is 0.361 e. The van der Waals surface area contributed by atoms with Crippen molar-refractivity contribution in [2.75, 3.05) is 7.05 Å². The number of aromatic nitrogens is 4. The Morgan fingerprint density at radius 1 is 1.38 bits per heavy atom. The van der Waals surface area contributed by atoms with Gasteiger partial charge >= 0.3 is 0 Å². The van der Waals surface area contributed by atoms with Crippen molar-refractivity contribution in [2.45, 2.75) is 26.8 Å². The van der Waals surface area contributed by atoms with Crippen LogP contribution in [-0.4, -0.2) is 37.8 Å². The second-order valence-electron chi connectivity index (χ2n) is 5.55. The Kier molecular flexibility index (Phi) is 4.41. The third kappa shape index (κ3) is 3.05. The first-order chi connectivity index (χ1) is 11.6. The lowest BCUT2D eigenvalue weighted by atomic mass is 10.2. The second kappa shape index (κ2) is 6.66. The van der Waals surface area contributed by atoms with Crippen LogP contribution in [0.25, 0.3) is 5.82 Å². The van der Waals surface area contributed by atoms with E-state index in [1.807, 2.05) is 38.1 Å². The van der Waals surface area contributed by atoms with Crippen molar-refractivity contribution in [1.29, 1.82) is 0 Å². The highest BCUT2D eigenvalue weighted by molar-refractivity contribution is 5.95. The van der Waals surface area contributed by atoms with E-state index in [9.17, 15) is 4.79 Å². The topological polar surface area (TPSA) is 77.0 Å². The Morgan fingerprint density at radius 2 is 2.21 bits per heavy atom. The molecule has 3 aromatic rings. The van der Waals surface area contributed by atoms with Gasteiger partial charge in [0.05, 0.1) is 24.0 Å². The van der Waals surface area contributed by atoms with E-state index < -0.39 is 0 Å². The number of hydrogen-bond donors (Lipinski definition) is 0. The fourth-order valence-electron chi connectivity index (χ4n) is 2.58. The Bertz CT molecular complexity index is 838. The lowest BCUT2D eigenvalue weighted by molar-refractivity contribution is 0.0781. The fourth-order valence-corrected chi connectivity index (χ4v) is 2.58. The third-order valence-corrected chi connectivity index (χ3v) is 3.72. The summed E-state index contributed by atoms with van der Waals surface area (Å²) in [5.41, 5.74) is 2.13. The molecule has 0 radical (unpaired) electrons. The number of rotatable bonds is 5. The molecular formula is C17H19N5O2. The van der Waals surface area contributed by atoms with Crippen molar-refractivity contribution in [1.82, 2.24) is 24.8 Å². The average molecular weight is 325 g/mol. The molecule has 3 aromatic heterocycles. The van der Waals surface area contributed by atoms with Crippen LogP contribution in [0.3, 0.4) is 0 Å². The van der Waals surface area contributed by atoms with Crippen LogP contribution in [0.5, 0.6) is 0 Å². The molecule has 124 valence electrons. The molecule has 0 aromatic carbocycles. The summed E-state index contributed by atoms with van der Waals surface area (Å²) in [6, 6.07) is 7.42. The van der Waals surface area contributed by atoms with Gasteiger partial charge in [0.15, 0.2) is 5.82 Å². The van der Waals surface area contributed by atoms with Gasteiger partial charge < -0.3 is 9.42 Å². The second-order valence-corrected chi connectivity index (χ2v) is 5.55. The minimum Gasteiger partial charge on any atom is -0.361 e. The van der Waals surface area contributed by atoms with Gasteiger partial charge in [0.2, 0.25) is 0 Å². The lowest BCUT2D eigenvalue weighted by Crippen LogP contribution is -2.27. The highest BCUT2D eigenvalue weighted by Crippen LogP contribution is 2.17. The zero-order valence-corrected chi connectivity index (χ0v) is 13.9. The molecule has 3 rings (SSSR count). The molecule has 0 aliphatic rings. The number of carbonyl (C=O) groups excluding carboxylic acids is 1. The maximum atomic E-state index is 12.8. The Balaban J connectivity index is 1.86. The summed E-state index contributed by atoms with van der Waals surface area (Å²) in [5, 5.41) is 8.27. The van der Waals surface area contributed by atoms with Crippen molar-refractivity contribution in [2.24, 2.45) is 0 Å². The van der Waals surface area contributed by atoms with Crippen LogP contribution >= 0.6 is 0 Å². The smallest absolute Gasteiger partial charge is 0.257 e. The predicted octanol–water partition coefficient (Wildman–Crippen LogP) is 2.40. The van der Waals surface area contributed by atoms with E-state index in [1.54, 1.807) is 29.0 Å². The predicted molar refractivity (Wildman–Crippen MR) is 87.8 cm³/mol. The van der Waals surface area contributed by atoms with Gasteiger partial charge in [-0.05, 0) is 25.5 Å². The molecule has 0 N–H and O–H groups in total. The van der Waals surface area contributed by atoms with Crippen molar-refractivity contribution in [3.63, 3.8) is 0 Å². The van der Waals surface area contributed by atoms with Gasteiger partial charge in [0, 0.05) is 19.3 Å². The molecule has 0 atom stereocenters. The minimum absolute atomic E-state index is 0.102. The first-order valence-electron chi connectivity index (χ1n) is 7.76. The summed E-state index contributed by atoms with van der Waals surface area (Å²) >= 11 is 0. The van der Waals surface area contributed by atoms with Crippen LogP contribution in [0, 0.1) is 6.92 Å². The molecule has 0 aliphatic heterocycles. The molecule has 7 heteroatoms. The van der Waals surface area contributed by atoms with Gasteiger partial charge in [-0.2, -0.15) is 5.10 Å². The molecule has 0 saturated carbocycles. The summed E-state index contributed by atoms with van der Waals surface area (Å²) in [7, 11) is 1.74. The molecule has 3 heterocycles. The quantitative estimate of drug-likeness (QED) is 0.720. The highest BCUT2D eigenvalue weighted by atomic mass is 16.5. The normalized spacial score (nSPS) is 10.8. The first-order valence-corrected chi connectivity index (χ1v) is 7.76. The van der Waals surface area contributed by atoms with Crippen molar-refractivity contribution in [3.8, 4) is 5.82 Å². The van der Waals surface area contributed by atoms with E-state index in [2.05, 4.69) is 15.2 Å². The number of aryl methyl sites for hydroxylation is 1. The van der Waals surface area contributed by atoms with Gasteiger partial charge in [0.1, 0.15) is 11.5 Å². The molecule has 0 aliphatic carbocycles. The van der Waals surface area contributed by atoms with Gasteiger partial charge in [-0.1, -0.05) is 18.1 Å². The maximum Gasteiger partial charge on any atom is 0.257 e. The van der Waals surface area contributed by atoms with Gasteiger partial charge in [-0.15, -0.1) is 0 Å². The zero-order valence-electron chi connectivity index (χ0n) is 13.9. The molecule has 24 heavy (non-hydrogen) atoms. The maximum absolute atomic E-state index is 12.8. The number of nitrogens with zero attached hydrogens (tertiary/aromatic N) is 5. The van der Waals surface area contributed by atoms with Crippen LogP contribution in [-0.2, 0) is 13.0 Å². The van der Waals surface area contributed by atoms with Crippen LogP contribution in [0.15, 0.2) is 41.2 Å². The number of amides is 1.